The quantitative estimate of drug-likeness (QED) is 0.271. The fourth-order valence-corrected chi connectivity index (χ4v) is 2.70. The number of guanidine groups is 1. The smallest absolute Gasteiger partial charge is 0.191 e. The van der Waals surface area contributed by atoms with Gasteiger partial charge in [0.1, 0.15) is 0 Å². The van der Waals surface area contributed by atoms with Crippen molar-refractivity contribution in [1.29, 1.82) is 0 Å². The highest BCUT2D eigenvalue weighted by Crippen LogP contribution is 2.30. The van der Waals surface area contributed by atoms with Gasteiger partial charge in [0.05, 0.1) is 0 Å². The summed E-state index contributed by atoms with van der Waals surface area (Å²) >= 11 is 0. The van der Waals surface area contributed by atoms with Crippen LogP contribution < -0.4 is 10.6 Å². The molecule has 0 fully saturated rings. The third-order valence-corrected chi connectivity index (χ3v) is 4.38. The molecule has 4 nitrogen and oxygen atoms in total. The average Bonchev–Trinajstić information content (AvgIpc) is 2.59. The molecule has 0 aliphatic carbocycles. The van der Waals surface area contributed by atoms with Crippen LogP contribution in [0.5, 0.6) is 0 Å². The Bertz CT molecular complexity index is 433. The van der Waals surface area contributed by atoms with Crippen LogP contribution in [-0.4, -0.2) is 39.8 Å². The van der Waals surface area contributed by atoms with E-state index in [0.29, 0.717) is 0 Å². The Kier molecular flexibility index (Phi) is 12.1. The Balaban J connectivity index is 0.00000484. The van der Waals surface area contributed by atoms with Gasteiger partial charge in [0.2, 0.25) is 0 Å². The minimum absolute atomic E-state index is 0. The van der Waals surface area contributed by atoms with Crippen molar-refractivity contribution in [2.24, 2.45) is 4.99 Å². The van der Waals surface area contributed by atoms with E-state index in [4.69, 9.17) is 4.74 Å². The van der Waals surface area contributed by atoms with E-state index in [1.807, 2.05) is 7.05 Å². The van der Waals surface area contributed by atoms with Crippen molar-refractivity contribution < 1.29 is 4.74 Å². The molecular weight excluding hydrogens is 401 g/mol. The van der Waals surface area contributed by atoms with E-state index in [1.54, 1.807) is 7.11 Å². The number of nitrogens with zero attached hydrogens (tertiary/aromatic N) is 1. The zero-order chi connectivity index (χ0) is 16.3. The summed E-state index contributed by atoms with van der Waals surface area (Å²) in [5.74, 6) is 0.860. The van der Waals surface area contributed by atoms with Crippen molar-refractivity contribution >= 4 is 29.9 Å². The second kappa shape index (κ2) is 12.6. The van der Waals surface area contributed by atoms with Crippen molar-refractivity contribution in [3.05, 3.63) is 35.9 Å². The predicted octanol–water partition coefficient (Wildman–Crippen LogP) is 3.56. The topological polar surface area (TPSA) is 45.7 Å². The zero-order valence-electron chi connectivity index (χ0n) is 14.9. The van der Waals surface area contributed by atoms with Gasteiger partial charge in [-0.25, -0.2) is 0 Å². The van der Waals surface area contributed by atoms with Gasteiger partial charge in [-0.2, -0.15) is 0 Å². The minimum atomic E-state index is 0. The standard InChI is InChI=1S/C18H31N3O.HI/c1-5-18(6-2,16-11-8-7-9-12-16)15-21-17(19-3)20-13-10-14-22-4;/h7-9,11-12H,5-6,10,13-15H2,1-4H3,(H2,19,20,21);1H. The van der Waals surface area contributed by atoms with Crippen LogP contribution in [0.15, 0.2) is 35.3 Å². The second-order valence-electron chi connectivity index (χ2n) is 5.55. The molecule has 1 aromatic rings. The lowest BCUT2D eigenvalue weighted by Crippen LogP contribution is -2.45. The lowest BCUT2D eigenvalue weighted by molar-refractivity contribution is 0.195. The lowest BCUT2D eigenvalue weighted by atomic mass is 9.76. The minimum Gasteiger partial charge on any atom is -0.385 e. The van der Waals surface area contributed by atoms with Crippen LogP contribution in [0.25, 0.3) is 0 Å². The summed E-state index contributed by atoms with van der Waals surface area (Å²) < 4.78 is 5.06. The van der Waals surface area contributed by atoms with Crippen LogP contribution in [0.1, 0.15) is 38.7 Å². The monoisotopic (exact) mass is 433 g/mol. The van der Waals surface area contributed by atoms with Gasteiger partial charge in [-0.3, -0.25) is 4.99 Å². The largest absolute Gasteiger partial charge is 0.385 e. The SMILES string of the molecule is CCC(CC)(CNC(=NC)NCCCOC)c1ccccc1.I. The average molecular weight is 433 g/mol. The summed E-state index contributed by atoms with van der Waals surface area (Å²) in [6, 6.07) is 10.8. The maximum Gasteiger partial charge on any atom is 0.191 e. The first-order valence-electron chi connectivity index (χ1n) is 8.21. The van der Waals surface area contributed by atoms with Gasteiger partial charge in [0.25, 0.3) is 0 Å². The summed E-state index contributed by atoms with van der Waals surface area (Å²) in [5.41, 5.74) is 1.54. The van der Waals surface area contributed by atoms with Crippen LogP contribution in [0.3, 0.4) is 0 Å². The van der Waals surface area contributed by atoms with Crippen LogP contribution in [0, 0.1) is 0 Å². The molecule has 0 radical (unpaired) electrons. The molecular formula is C18H32IN3O. The van der Waals surface area contributed by atoms with E-state index in [9.17, 15) is 0 Å². The highest BCUT2D eigenvalue weighted by atomic mass is 127. The first kappa shape index (κ1) is 22.2. The number of hydrogen-bond acceptors (Lipinski definition) is 2. The number of aliphatic imine (C=N–C) groups is 1. The molecule has 0 heterocycles. The second-order valence-corrected chi connectivity index (χ2v) is 5.55. The number of ether oxygens (including phenoxy) is 1. The molecule has 0 aliphatic heterocycles. The summed E-state index contributed by atoms with van der Waals surface area (Å²) in [4.78, 5) is 4.30. The Morgan fingerprint density at radius 1 is 1.13 bits per heavy atom. The maximum atomic E-state index is 5.06. The van der Waals surface area contributed by atoms with Gasteiger partial charge in [-0.15, -0.1) is 24.0 Å². The lowest BCUT2D eigenvalue weighted by Gasteiger charge is -2.33. The first-order chi connectivity index (χ1) is 10.7. The fourth-order valence-electron chi connectivity index (χ4n) is 2.70. The van der Waals surface area contributed by atoms with Gasteiger partial charge < -0.3 is 15.4 Å². The Morgan fingerprint density at radius 3 is 2.30 bits per heavy atom. The van der Waals surface area contributed by atoms with E-state index in [2.05, 4.69) is 59.8 Å². The molecule has 132 valence electrons. The molecule has 1 rings (SSSR count). The molecule has 5 heteroatoms. The van der Waals surface area contributed by atoms with Crippen LogP contribution in [0.2, 0.25) is 0 Å². The predicted molar refractivity (Wildman–Crippen MR) is 110 cm³/mol. The molecule has 2 N–H and O–H groups in total. The molecule has 0 aromatic heterocycles. The Morgan fingerprint density at radius 2 is 1.78 bits per heavy atom. The number of halogens is 1. The third-order valence-electron chi connectivity index (χ3n) is 4.38. The summed E-state index contributed by atoms with van der Waals surface area (Å²) in [6.07, 6.45) is 3.17. The summed E-state index contributed by atoms with van der Waals surface area (Å²) in [7, 11) is 3.54. The van der Waals surface area contributed by atoms with Gasteiger partial charge >= 0.3 is 0 Å². The number of rotatable bonds is 9. The fraction of sp³-hybridized carbons (Fsp3) is 0.611. The summed E-state index contributed by atoms with van der Waals surface area (Å²) in [6.45, 7) is 7.03. The number of methoxy groups -OCH3 is 1. The highest BCUT2D eigenvalue weighted by molar-refractivity contribution is 14.0. The first-order valence-corrected chi connectivity index (χ1v) is 8.21. The van der Waals surface area contributed by atoms with Crippen molar-refractivity contribution in [1.82, 2.24) is 10.6 Å². The molecule has 0 aliphatic rings. The number of nitrogens with one attached hydrogen (secondary N) is 2. The normalized spacial score (nSPS) is 11.7. The molecule has 0 saturated heterocycles. The van der Waals surface area contributed by atoms with Crippen LogP contribution >= 0.6 is 24.0 Å². The van der Waals surface area contributed by atoms with E-state index < -0.39 is 0 Å². The maximum absolute atomic E-state index is 5.06. The highest BCUT2D eigenvalue weighted by Gasteiger charge is 2.28. The zero-order valence-corrected chi connectivity index (χ0v) is 17.2. The number of benzene rings is 1. The molecule has 0 spiro atoms. The van der Waals surface area contributed by atoms with Gasteiger partial charge in [-0.1, -0.05) is 44.2 Å². The van der Waals surface area contributed by atoms with Gasteiger partial charge in [0.15, 0.2) is 5.96 Å². The molecule has 0 atom stereocenters. The third kappa shape index (κ3) is 7.08. The van der Waals surface area contributed by atoms with E-state index >= 15 is 0 Å². The van der Waals surface area contributed by atoms with E-state index in [0.717, 1.165) is 44.9 Å². The van der Waals surface area contributed by atoms with Crippen molar-refractivity contribution in [3.8, 4) is 0 Å². The Labute approximate surface area is 158 Å². The molecule has 0 unspecified atom stereocenters. The van der Waals surface area contributed by atoms with E-state index in [1.165, 1.54) is 5.56 Å². The summed E-state index contributed by atoms with van der Waals surface area (Å²) in [5, 5.41) is 6.82. The van der Waals surface area contributed by atoms with Gasteiger partial charge in [-0.05, 0) is 24.8 Å². The van der Waals surface area contributed by atoms with E-state index in [-0.39, 0.29) is 29.4 Å². The molecule has 0 saturated carbocycles. The molecule has 0 amide bonds. The van der Waals surface area contributed by atoms with Crippen LogP contribution in [-0.2, 0) is 10.2 Å². The van der Waals surface area contributed by atoms with Crippen LogP contribution in [0.4, 0.5) is 0 Å². The van der Waals surface area contributed by atoms with Crippen molar-refractivity contribution in [2.75, 3.05) is 33.9 Å². The van der Waals surface area contributed by atoms with Gasteiger partial charge in [0, 0.05) is 39.3 Å². The number of hydrogen-bond donors (Lipinski definition) is 2. The molecule has 23 heavy (non-hydrogen) atoms. The van der Waals surface area contributed by atoms with Crippen molar-refractivity contribution in [2.45, 2.75) is 38.5 Å². The Hall–Kier alpha value is -0.820. The molecule has 0 bridgehead atoms. The molecule has 1 aromatic carbocycles. The van der Waals surface area contributed by atoms with Crippen molar-refractivity contribution in [3.63, 3.8) is 0 Å².